The molecule has 1 aliphatic rings. The lowest BCUT2D eigenvalue weighted by molar-refractivity contribution is 0.402. The van der Waals surface area contributed by atoms with E-state index in [2.05, 4.69) is 22.4 Å². The maximum Gasteiger partial charge on any atom is 0.184 e. The number of hydrogen-bond acceptors (Lipinski definition) is 4. The molecule has 1 atom stereocenters. The van der Waals surface area contributed by atoms with E-state index >= 15 is 0 Å². The van der Waals surface area contributed by atoms with Crippen molar-refractivity contribution in [3.05, 3.63) is 24.0 Å². The van der Waals surface area contributed by atoms with Crippen molar-refractivity contribution in [1.82, 2.24) is 20.2 Å². The van der Waals surface area contributed by atoms with Gasteiger partial charge < -0.3 is 5.73 Å². The molecule has 0 bridgehead atoms. The Morgan fingerprint density at radius 3 is 3.00 bits per heavy atom. The summed E-state index contributed by atoms with van der Waals surface area (Å²) in [4.78, 5) is 0. The zero-order valence-corrected chi connectivity index (χ0v) is 10.8. The summed E-state index contributed by atoms with van der Waals surface area (Å²) in [5.41, 5.74) is 6.91. The Hall–Kier alpha value is -1.98. The van der Waals surface area contributed by atoms with Crippen molar-refractivity contribution >= 4 is 5.69 Å². The molecule has 19 heavy (non-hydrogen) atoms. The minimum absolute atomic E-state index is 0.339. The zero-order chi connectivity index (χ0) is 13.4. The van der Waals surface area contributed by atoms with Crippen LogP contribution in [-0.2, 0) is 6.54 Å². The molecule has 0 radical (unpaired) electrons. The molecule has 0 aliphatic heterocycles. The average Bonchev–Trinajstić information content (AvgIpc) is 3.14. The van der Waals surface area contributed by atoms with E-state index in [1.54, 1.807) is 4.68 Å². The minimum Gasteiger partial charge on any atom is -0.398 e. The molecule has 5 nitrogen and oxygen atoms in total. The molecule has 6 heteroatoms. The molecule has 1 heterocycles. The highest BCUT2D eigenvalue weighted by Gasteiger charge is 2.29. The Kier molecular flexibility index (Phi) is 2.93. The van der Waals surface area contributed by atoms with Crippen molar-refractivity contribution in [3.63, 3.8) is 0 Å². The summed E-state index contributed by atoms with van der Waals surface area (Å²) in [5, 5.41) is 11.7. The van der Waals surface area contributed by atoms with Crippen LogP contribution in [-0.4, -0.2) is 20.2 Å². The van der Waals surface area contributed by atoms with Crippen molar-refractivity contribution in [2.45, 2.75) is 26.3 Å². The molecule has 2 aromatic rings. The van der Waals surface area contributed by atoms with E-state index in [1.165, 1.54) is 31.0 Å². The quantitative estimate of drug-likeness (QED) is 0.856. The molecule has 0 amide bonds. The van der Waals surface area contributed by atoms with Gasteiger partial charge in [-0.2, -0.15) is 0 Å². The minimum atomic E-state index is -0.339. The maximum absolute atomic E-state index is 13.3. The number of hydrogen-bond donors (Lipinski definition) is 1. The first kappa shape index (κ1) is 12.1. The summed E-state index contributed by atoms with van der Waals surface area (Å²) < 4.78 is 15.1. The number of rotatable bonds is 4. The highest BCUT2D eigenvalue weighted by molar-refractivity contribution is 5.71. The Bertz CT molecular complexity index is 590. The third-order valence-electron chi connectivity index (χ3n) is 3.68. The predicted molar refractivity (Wildman–Crippen MR) is 69.5 cm³/mol. The molecular weight excluding hydrogens is 245 g/mol. The molecule has 100 valence electrons. The highest BCUT2D eigenvalue weighted by Crippen LogP contribution is 2.37. The second-order valence-electron chi connectivity index (χ2n) is 5.23. The predicted octanol–water partition coefficient (Wildman–Crippen LogP) is 2.11. The number of tetrazole rings is 1. The van der Waals surface area contributed by atoms with Crippen LogP contribution in [0.15, 0.2) is 18.2 Å². The van der Waals surface area contributed by atoms with Crippen LogP contribution >= 0.6 is 0 Å². The van der Waals surface area contributed by atoms with Gasteiger partial charge in [0.1, 0.15) is 5.82 Å². The van der Waals surface area contributed by atoms with Crippen LogP contribution in [0.2, 0.25) is 0 Å². The number of benzene rings is 1. The molecule has 1 aromatic carbocycles. The third kappa shape index (κ3) is 2.43. The van der Waals surface area contributed by atoms with Gasteiger partial charge >= 0.3 is 0 Å². The smallest absolute Gasteiger partial charge is 0.184 e. The van der Waals surface area contributed by atoms with Gasteiger partial charge in [0, 0.05) is 17.8 Å². The first-order valence-corrected chi connectivity index (χ1v) is 6.46. The topological polar surface area (TPSA) is 69.6 Å². The number of aromatic nitrogens is 4. The fraction of sp³-hybridized carbons (Fsp3) is 0.462. The van der Waals surface area contributed by atoms with Crippen molar-refractivity contribution in [2.24, 2.45) is 11.8 Å². The highest BCUT2D eigenvalue weighted by atomic mass is 19.1. The van der Waals surface area contributed by atoms with Gasteiger partial charge in [-0.15, -0.1) is 5.10 Å². The molecule has 0 spiro atoms. The Labute approximate surface area is 110 Å². The van der Waals surface area contributed by atoms with E-state index in [-0.39, 0.29) is 5.82 Å². The van der Waals surface area contributed by atoms with Crippen LogP contribution in [0.25, 0.3) is 11.4 Å². The summed E-state index contributed by atoms with van der Waals surface area (Å²) in [6, 6.07) is 4.24. The summed E-state index contributed by atoms with van der Waals surface area (Å²) in [5.74, 6) is 1.48. The molecule has 3 rings (SSSR count). The van der Waals surface area contributed by atoms with E-state index in [1.807, 2.05) is 0 Å². The lowest BCUT2D eigenvalue weighted by Crippen LogP contribution is -2.12. The summed E-state index contributed by atoms with van der Waals surface area (Å²) in [6.45, 7) is 2.93. The van der Waals surface area contributed by atoms with E-state index < -0.39 is 0 Å². The number of nitrogens with two attached hydrogens (primary N) is 1. The van der Waals surface area contributed by atoms with Gasteiger partial charge in [-0.05, 0) is 53.3 Å². The summed E-state index contributed by atoms with van der Waals surface area (Å²) >= 11 is 0. The normalized spacial score (nSPS) is 16.5. The number of halogens is 1. The monoisotopic (exact) mass is 261 g/mol. The van der Waals surface area contributed by atoms with Crippen molar-refractivity contribution < 1.29 is 4.39 Å². The van der Waals surface area contributed by atoms with E-state index in [0.29, 0.717) is 23.0 Å². The molecule has 1 aliphatic carbocycles. The number of nitrogen functional groups attached to an aromatic ring is 1. The van der Waals surface area contributed by atoms with E-state index in [9.17, 15) is 4.39 Å². The largest absolute Gasteiger partial charge is 0.398 e. The number of nitrogens with zero attached hydrogens (tertiary/aromatic N) is 4. The second kappa shape index (κ2) is 4.60. The second-order valence-corrected chi connectivity index (χ2v) is 5.23. The molecule has 1 unspecified atom stereocenters. The first-order chi connectivity index (χ1) is 9.15. The zero-order valence-electron chi connectivity index (χ0n) is 10.8. The standard InChI is InChI=1S/C13H16FN5/c1-8(9-2-3-9)7-19-13(16-17-18-19)11-6-10(14)4-5-12(11)15/h4-6,8-9H,2-3,7,15H2,1H3. The van der Waals surface area contributed by atoms with Crippen LogP contribution in [0.5, 0.6) is 0 Å². The first-order valence-electron chi connectivity index (χ1n) is 6.46. The fourth-order valence-corrected chi connectivity index (χ4v) is 2.33. The van der Waals surface area contributed by atoms with Gasteiger partial charge in [0.25, 0.3) is 0 Å². The van der Waals surface area contributed by atoms with Crippen molar-refractivity contribution in [1.29, 1.82) is 0 Å². The molecule has 1 aromatic heterocycles. The molecule has 1 fully saturated rings. The van der Waals surface area contributed by atoms with Gasteiger partial charge in [-0.1, -0.05) is 6.92 Å². The molecule has 0 saturated heterocycles. The Balaban J connectivity index is 1.92. The van der Waals surface area contributed by atoms with Crippen LogP contribution in [0.4, 0.5) is 10.1 Å². The fourth-order valence-electron chi connectivity index (χ4n) is 2.33. The maximum atomic E-state index is 13.3. The van der Waals surface area contributed by atoms with Crippen LogP contribution in [0.3, 0.4) is 0 Å². The summed E-state index contributed by atoms with van der Waals surface area (Å²) in [6.07, 6.45) is 2.56. The van der Waals surface area contributed by atoms with E-state index in [4.69, 9.17) is 5.73 Å². The SMILES string of the molecule is CC(Cn1nnnc1-c1cc(F)ccc1N)C1CC1. The Morgan fingerprint density at radius 1 is 1.47 bits per heavy atom. The summed E-state index contributed by atoms with van der Waals surface area (Å²) in [7, 11) is 0. The molecule has 1 saturated carbocycles. The van der Waals surface area contributed by atoms with Crippen molar-refractivity contribution in [2.75, 3.05) is 5.73 Å². The van der Waals surface area contributed by atoms with Gasteiger partial charge in [-0.25, -0.2) is 9.07 Å². The van der Waals surface area contributed by atoms with Gasteiger partial charge in [0.05, 0.1) is 0 Å². The lowest BCUT2D eigenvalue weighted by atomic mass is 10.1. The van der Waals surface area contributed by atoms with Gasteiger partial charge in [-0.3, -0.25) is 0 Å². The van der Waals surface area contributed by atoms with Crippen LogP contribution in [0.1, 0.15) is 19.8 Å². The molecule has 2 N–H and O–H groups in total. The van der Waals surface area contributed by atoms with Crippen LogP contribution in [0, 0.1) is 17.7 Å². The lowest BCUT2D eigenvalue weighted by Gasteiger charge is -2.11. The van der Waals surface area contributed by atoms with Crippen LogP contribution < -0.4 is 5.73 Å². The van der Waals surface area contributed by atoms with E-state index in [0.717, 1.165) is 12.5 Å². The number of anilines is 1. The average molecular weight is 261 g/mol. The van der Waals surface area contributed by atoms with Gasteiger partial charge in [0.15, 0.2) is 5.82 Å². The van der Waals surface area contributed by atoms with Gasteiger partial charge in [0.2, 0.25) is 0 Å². The third-order valence-corrected chi connectivity index (χ3v) is 3.68. The van der Waals surface area contributed by atoms with Crippen molar-refractivity contribution in [3.8, 4) is 11.4 Å². The molecular formula is C13H16FN5. The Morgan fingerprint density at radius 2 is 2.26 bits per heavy atom.